The number of halogens is 1. The first-order chi connectivity index (χ1) is 9.91. The van der Waals surface area contributed by atoms with Crippen LogP contribution in [0.5, 0.6) is 0 Å². The number of carbonyl (C=O) groups excluding carboxylic acids is 1. The molecule has 114 valence electrons. The second-order valence-corrected chi connectivity index (χ2v) is 7.27. The van der Waals surface area contributed by atoms with E-state index in [1.165, 1.54) is 12.1 Å². The van der Waals surface area contributed by atoms with E-state index in [0.29, 0.717) is 6.54 Å². The summed E-state index contributed by atoms with van der Waals surface area (Å²) < 4.78 is 0.0568. The molecule has 1 aliphatic rings. The Balaban J connectivity index is 2.00. The highest BCUT2D eigenvalue weighted by Gasteiger charge is 2.29. The molecule has 1 fully saturated rings. The van der Waals surface area contributed by atoms with E-state index in [0.717, 1.165) is 18.6 Å². The fourth-order valence-electron chi connectivity index (χ4n) is 2.26. The first-order valence-electron chi connectivity index (χ1n) is 6.62. The van der Waals surface area contributed by atoms with Crippen LogP contribution < -0.4 is 10.6 Å². The number of nitrogens with one attached hydrogen (secondary N) is 2. The van der Waals surface area contributed by atoms with Crippen molar-refractivity contribution >= 4 is 41.1 Å². The zero-order valence-corrected chi connectivity index (χ0v) is 13.2. The standard InChI is InChI=1S/C14H17ClN2O3S/c1-14(6-3-7-21-14)8-16-13(20)17-10-5-2-4-9(15)11(10)12(18)19/h2,4-5H,3,6-8H2,1H3,(H,18,19)(H2,16,17,20). The summed E-state index contributed by atoms with van der Waals surface area (Å²) in [7, 11) is 0. The summed E-state index contributed by atoms with van der Waals surface area (Å²) in [5, 5.41) is 14.6. The lowest BCUT2D eigenvalue weighted by Gasteiger charge is -2.23. The maximum absolute atomic E-state index is 11.9. The number of rotatable bonds is 4. The number of amides is 2. The topological polar surface area (TPSA) is 78.4 Å². The second-order valence-electron chi connectivity index (χ2n) is 5.18. The van der Waals surface area contributed by atoms with Crippen LogP contribution in [-0.4, -0.2) is 34.2 Å². The molecule has 0 saturated carbocycles. The Bertz CT molecular complexity index is 559. The van der Waals surface area contributed by atoms with Gasteiger partial charge in [-0.05, 0) is 37.7 Å². The van der Waals surface area contributed by atoms with Crippen LogP contribution in [0.15, 0.2) is 18.2 Å². The molecular formula is C14H17ClN2O3S. The van der Waals surface area contributed by atoms with E-state index in [9.17, 15) is 9.59 Å². The second kappa shape index (κ2) is 6.58. The molecular weight excluding hydrogens is 312 g/mol. The van der Waals surface area contributed by atoms with E-state index in [1.54, 1.807) is 6.07 Å². The summed E-state index contributed by atoms with van der Waals surface area (Å²) in [6, 6.07) is 4.16. The number of benzene rings is 1. The van der Waals surface area contributed by atoms with Gasteiger partial charge in [-0.1, -0.05) is 17.7 Å². The van der Waals surface area contributed by atoms with Crippen LogP contribution in [0.2, 0.25) is 5.02 Å². The Morgan fingerprint density at radius 2 is 2.24 bits per heavy atom. The maximum Gasteiger partial charge on any atom is 0.339 e. The van der Waals surface area contributed by atoms with Crippen LogP contribution in [0.3, 0.4) is 0 Å². The average molecular weight is 329 g/mol. The molecule has 1 aliphatic heterocycles. The smallest absolute Gasteiger partial charge is 0.339 e. The Morgan fingerprint density at radius 1 is 1.48 bits per heavy atom. The molecule has 7 heteroatoms. The molecule has 0 aromatic heterocycles. The van der Waals surface area contributed by atoms with Gasteiger partial charge in [0.1, 0.15) is 5.56 Å². The first kappa shape index (κ1) is 16.0. The molecule has 1 aromatic carbocycles. The maximum atomic E-state index is 11.9. The van der Waals surface area contributed by atoms with Crippen molar-refractivity contribution in [2.75, 3.05) is 17.6 Å². The van der Waals surface area contributed by atoms with Gasteiger partial charge in [-0.25, -0.2) is 9.59 Å². The number of aromatic carboxylic acids is 1. The SMILES string of the molecule is CC1(CNC(=O)Nc2cccc(Cl)c2C(=O)O)CCCS1. The van der Waals surface area contributed by atoms with Crippen LogP contribution in [0.1, 0.15) is 30.1 Å². The van der Waals surface area contributed by atoms with Gasteiger partial charge in [-0.3, -0.25) is 0 Å². The monoisotopic (exact) mass is 328 g/mol. The van der Waals surface area contributed by atoms with E-state index in [1.807, 2.05) is 11.8 Å². The Morgan fingerprint density at radius 3 is 2.86 bits per heavy atom. The quantitative estimate of drug-likeness (QED) is 0.791. The molecule has 1 aromatic rings. The van der Waals surface area contributed by atoms with Gasteiger partial charge in [-0.15, -0.1) is 0 Å². The first-order valence-corrected chi connectivity index (χ1v) is 7.98. The highest BCUT2D eigenvalue weighted by atomic mass is 35.5. The fourth-order valence-corrected chi connectivity index (χ4v) is 3.76. The van der Waals surface area contributed by atoms with Crippen molar-refractivity contribution in [3.63, 3.8) is 0 Å². The minimum Gasteiger partial charge on any atom is -0.478 e. The Hall–Kier alpha value is -1.40. The summed E-state index contributed by atoms with van der Waals surface area (Å²) in [6.45, 7) is 2.67. The number of thioether (sulfide) groups is 1. The summed E-state index contributed by atoms with van der Waals surface area (Å²) in [5.41, 5.74) is 0.0903. The van der Waals surface area contributed by atoms with Gasteiger partial charge >= 0.3 is 12.0 Å². The summed E-state index contributed by atoms with van der Waals surface area (Å²) in [4.78, 5) is 23.1. The van der Waals surface area contributed by atoms with Crippen LogP contribution in [-0.2, 0) is 0 Å². The molecule has 21 heavy (non-hydrogen) atoms. The van der Waals surface area contributed by atoms with Crippen molar-refractivity contribution in [3.05, 3.63) is 28.8 Å². The number of carbonyl (C=O) groups is 2. The summed E-state index contributed by atoms with van der Waals surface area (Å²) in [6.07, 6.45) is 2.22. The van der Waals surface area contributed by atoms with Crippen molar-refractivity contribution in [2.45, 2.75) is 24.5 Å². The van der Waals surface area contributed by atoms with E-state index < -0.39 is 12.0 Å². The van der Waals surface area contributed by atoms with Gasteiger partial charge < -0.3 is 15.7 Å². The van der Waals surface area contributed by atoms with Gasteiger partial charge in [0.25, 0.3) is 0 Å². The van der Waals surface area contributed by atoms with Gasteiger partial charge in [0.2, 0.25) is 0 Å². The van der Waals surface area contributed by atoms with Crippen LogP contribution in [0, 0.1) is 0 Å². The number of hydrogen-bond acceptors (Lipinski definition) is 3. The lowest BCUT2D eigenvalue weighted by molar-refractivity contribution is 0.0698. The Kier molecular flexibility index (Phi) is 5.00. The third kappa shape index (κ3) is 4.04. The molecule has 1 unspecified atom stereocenters. The predicted octanol–water partition coefficient (Wildman–Crippen LogP) is 3.45. The van der Waals surface area contributed by atoms with Crippen molar-refractivity contribution in [3.8, 4) is 0 Å². The molecule has 0 radical (unpaired) electrons. The summed E-state index contributed by atoms with van der Waals surface area (Å²) in [5.74, 6) is -0.0636. The number of anilines is 1. The third-order valence-corrected chi connectivity index (χ3v) is 5.25. The zero-order valence-electron chi connectivity index (χ0n) is 11.6. The normalized spacial score (nSPS) is 21.0. The largest absolute Gasteiger partial charge is 0.478 e. The molecule has 0 bridgehead atoms. The minimum atomic E-state index is -1.17. The Labute approximate surface area is 132 Å². The van der Waals surface area contributed by atoms with Crippen molar-refractivity contribution in [2.24, 2.45) is 0 Å². The highest BCUT2D eigenvalue weighted by Crippen LogP contribution is 2.37. The van der Waals surface area contributed by atoms with Crippen LogP contribution >= 0.6 is 23.4 Å². The molecule has 3 N–H and O–H groups in total. The molecule has 1 saturated heterocycles. The average Bonchev–Trinajstić information content (AvgIpc) is 2.84. The molecule has 2 amide bonds. The van der Waals surface area contributed by atoms with Crippen LogP contribution in [0.4, 0.5) is 10.5 Å². The lowest BCUT2D eigenvalue weighted by atomic mass is 10.1. The van der Waals surface area contributed by atoms with Crippen LogP contribution in [0.25, 0.3) is 0 Å². The molecule has 2 rings (SSSR count). The van der Waals surface area contributed by atoms with E-state index >= 15 is 0 Å². The molecule has 1 heterocycles. The predicted molar refractivity (Wildman–Crippen MR) is 85.5 cm³/mol. The zero-order chi connectivity index (χ0) is 15.5. The van der Waals surface area contributed by atoms with Crippen molar-refractivity contribution in [1.82, 2.24) is 5.32 Å². The number of urea groups is 1. The molecule has 0 aliphatic carbocycles. The number of hydrogen-bond donors (Lipinski definition) is 3. The lowest BCUT2D eigenvalue weighted by Crippen LogP contribution is -2.39. The number of carboxylic acids is 1. The summed E-state index contributed by atoms with van der Waals surface area (Å²) >= 11 is 7.70. The number of carboxylic acid groups (broad SMARTS) is 1. The van der Waals surface area contributed by atoms with Gasteiger partial charge in [0, 0.05) is 11.3 Å². The van der Waals surface area contributed by atoms with Gasteiger partial charge in [0.15, 0.2) is 0 Å². The van der Waals surface area contributed by atoms with E-state index in [2.05, 4.69) is 17.6 Å². The molecule has 5 nitrogen and oxygen atoms in total. The van der Waals surface area contributed by atoms with Crippen molar-refractivity contribution in [1.29, 1.82) is 0 Å². The van der Waals surface area contributed by atoms with Gasteiger partial charge in [0.05, 0.1) is 10.7 Å². The van der Waals surface area contributed by atoms with Crippen molar-refractivity contribution < 1.29 is 14.7 Å². The molecule has 0 spiro atoms. The fraction of sp³-hybridized carbons (Fsp3) is 0.429. The van der Waals surface area contributed by atoms with E-state index in [-0.39, 0.29) is 21.0 Å². The van der Waals surface area contributed by atoms with Gasteiger partial charge in [-0.2, -0.15) is 11.8 Å². The molecule has 1 atom stereocenters. The minimum absolute atomic E-state index is 0.0568. The van der Waals surface area contributed by atoms with E-state index in [4.69, 9.17) is 16.7 Å². The highest BCUT2D eigenvalue weighted by molar-refractivity contribution is 8.00. The third-order valence-electron chi connectivity index (χ3n) is 3.40.